The summed E-state index contributed by atoms with van der Waals surface area (Å²) in [7, 11) is 0. The molecular weight excluding hydrogens is 470 g/mol. The number of nitrogens with one attached hydrogen (secondary N) is 2. The highest BCUT2D eigenvalue weighted by molar-refractivity contribution is 7.80. The number of carbonyl (C=O) groups excluding carboxylic acids is 1. The molecule has 36 heavy (non-hydrogen) atoms. The minimum Gasteiger partial charge on any atom is -0.490 e. The molecule has 1 amide bonds. The quantitative estimate of drug-likeness (QED) is 0.430. The Balaban J connectivity index is 1.64. The van der Waals surface area contributed by atoms with Crippen LogP contribution in [0.3, 0.4) is 0 Å². The van der Waals surface area contributed by atoms with Crippen LogP contribution in [0.5, 0.6) is 11.5 Å². The van der Waals surface area contributed by atoms with Crippen molar-refractivity contribution in [3.8, 4) is 11.5 Å². The summed E-state index contributed by atoms with van der Waals surface area (Å²) in [4.78, 5) is 16.0. The molecule has 3 aromatic rings. The first-order chi connectivity index (χ1) is 17.2. The molecule has 0 aromatic heterocycles. The second kappa shape index (κ2) is 9.13. The molecule has 0 spiro atoms. The molecule has 186 valence electrons. The third-order valence-electron chi connectivity index (χ3n) is 7.00. The molecule has 1 saturated heterocycles. The molecule has 5 rings (SSSR count). The van der Waals surface area contributed by atoms with Crippen LogP contribution >= 0.6 is 12.2 Å². The lowest BCUT2D eigenvalue weighted by Crippen LogP contribution is -2.72. The van der Waals surface area contributed by atoms with Crippen molar-refractivity contribution in [2.75, 3.05) is 16.8 Å². The maximum atomic E-state index is 14.0. The number of aryl methyl sites for hydroxylation is 3. The van der Waals surface area contributed by atoms with E-state index in [9.17, 15) is 4.79 Å². The molecule has 2 heterocycles. The Morgan fingerprint density at radius 3 is 2.53 bits per heavy atom. The largest absolute Gasteiger partial charge is 0.490 e. The van der Waals surface area contributed by atoms with Crippen LogP contribution in [0.2, 0.25) is 0 Å². The van der Waals surface area contributed by atoms with E-state index in [2.05, 4.69) is 16.7 Å². The van der Waals surface area contributed by atoms with Crippen LogP contribution in [0.1, 0.15) is 42.1 Å². The summed E-state index contributed by atoms with van der Waals surface area (Å²) in [5.74, 6) is 0.525. The number of anilines is 2. The van der Waals surface area contributed by atoms with Crippen molar-refractivity contribution in [1.29, 1.82) is 0 Å². The number of carbonyl (C=O) groups is 1. The molecule has 0 radical (unpaired) electrons. The van der Waals surface area contributed by atoms with Gasteiger partial charge in [0.1, 0.15) is 5.92 Å². The summed E-state index contributed by atoms with van der Waals surface area (Å²) in [6.45, 7) is 10.5. The van der Waals surface area contributed by atoms with E-state index >= 15 is 0 Å². The fourth-order valence-electron chi connectivity index (χ4n) is 5.29. The second-order valence-corrected chi connectivity index (χ2v) is 10.0. The highest BCUT2D eigenvalue weighted by Gasteiger charge is 2.59. The van der Waals surface area contributed by atoms with Crippen LogP contribution in [0.15, 0.2) is 60.7 Å². The smallest absolute Gasteiger partial charge is 0.236 e. The van der Waals surface area contributed by atoms with Crippen LogP contribution in [0.25, 0.3) is 0 Å². The van der Waals surface area contributed by atoms with Crippen molar-refractivity contribution < 1.29 is 14.3 Å². The zero-order valence-electron chi connectivity index (χ0n) is 21.2. The van der Waals surface area contributed by atoms with E-state index in [0.717, 1.165) is 33.6 Å². The molecule has 1 fully saturated rings. The summed E-state index contributed by atoms with van der Waals surface area (Å²) in [6, 6.07) is 19.5. The van der Waals surface area contributed by atoms with Gasteiger partial charge in [-0.05, 0) is 76.7 Å². The third kappa shape index (κ3) is 3.97. The molecule has 0 aliphatic carbocycles. The first-order valence-corrected chi connectivity index (χ1v) is 12.6. The second-order valence-electron chi connectivity index (χ2n) is 9.65. The maximum Gasteiger partial charge on any atom is 0.236 e. The monoisotopic (exact) mass is 501 g/mol. The highest BCUT2D eigenvalue weighted by atomic mass is 32.1. The van der Waals surface area contributed by atoms with Crippen LogP contribution in [0, 0.1) is 26.7 Å². The number of fused-ring (bicyclic) bond motifs is 4. The van der Waals surface area contributed by atoms with E-state index in [4.69, 9.17) is 21.7 Å². The Labute approximate surface area is 217 Å². The summed E-state index contributed by atoms with van der Waals surface area (Å²) in [6.07, 6.45) is 0. The maximum absolute atomic E-state index is 14.0. The van der Waals surface area contributed by atoms with E-state index in [1.54, 1.807) is 0 Å². The number of nitrogens with zero attached hydrogens (tertiary/aromatic N) is 1. The van der Waals surface area contributed by atoms with Gasteiger partial charge >= 0.3 is 0 Å². The Kier molecular flexibility index (Phi) is 6.12. The van der Waals surface area contributed by atoms with E-state index in [1.807, 2.05) is 94.1 Å². The van der Waals surface area contributed by atoms with E-state index < -0.39 is 11.6 Å². The Bertz CT molecular complexity index is 1340. The van der Waals surface area contributed by atoms with Crippen molar-refractivity contribution in [2.24, 2.45) is 5.92 Å². The van der Waals surface area contributed by atoms with Crippen molar-refractivity contribution in [2.45, 2.75) is 46.4 Å². The molecule has 2 bridgehead atoms. The fraction of sp³-hybridized carbons (Fsp3) is 0.310. The SMILES string of the molecule is CCOc1cccc2c1O[C@@]1(C)[C@H](C(=O)Nc3ccc(C)cc3C)[C@@H]2NC(=S)N1c1ccc(C)cc1. The number of rotatable bonds is 5. The lowest BCUT2D eigenvalue weighted by Gasteiger charge is -2.56. The number of thiocarbonyl (C=S) groups is 1. The van der Waals surface area contributed by atoms with E-state index in [0.29, 0.717) is 23.2 Å². The first-order valence-electron chi connectivity index (χ1n) is 12.2. The van der Waals surface area contributed by atoms with Gasteiger partial charge in [0.25, 0.3) is 0 Å². The number of para-hydroxylation sites is 1. The molecule has 3 aromatic carbocycles. The Morgan fingerprint density at radius 1 is 1.11 bits per heavy atom. The summed E-state index contributed by atoms with van der Waals surface area (Å²) in [5.41, 5.74) is 4.66. The highest BCUT2D eigenvalue weighted by Crippen LogP contribution is 2.52. The van der Waals surface area contributed by atoms with Gasteiger partial charge in [0.15, 0.2) is 22.3 Å². The lowest BCUT2D eigenvalue weighted by molar-refractivity contribution is -0.130. The summed E-state index contributed by atoms with van der Waals surface area (Å²) in [5, 5.41) is 7.14. The third-order valence-corrected chi connectivity index (χ3v) is 7.30. The summed E-state index contributed by atoms with van der Waals surface area (Å²) < 4.78 is 12.7. The molecule has 2 aliphatic heterocycles. The molecule has 7 heteroatoms. The van der Waals surface area contributed by atoms with Gasteiger partial charge in [-0.25, -0.2) is 0 Å². The predicted molar refractivity (Wildman–Crippen MR) is 147 cm³/mol. The minimum absolute atomic E-state index is 0.144. The van der Waals surface area contributed by atoms with Gasteiger partial charge in [-0.1, -0.05) is 47.5 Å². The molecule has 6 nitrogen and oxygen atoms in total. The topological polar surface area (TPSA) is 62.8 Å². The Hall–Kier alpha value is -3.58. The van der Waals surface area contributed by atoms with Crippen molar-refractivity contribution in [3.63, 3.8) is 0 Å². The average molecular weight is 502 g/mol. The van der Waals surface area contributed by atoms with Crippen LogP contribution < -0.4 is 25.0 Å². The minimum atomic E-state index is -1.11. The molecule has 3 atom stereocenters. The Morgan fingerprint density at radius 2 is 1.83 bits per heavy atom. The predicted octanol–water partition coefficient (Wildman–Crippen LogP) is 5.81. The normalized spacial score (nSPS) is 22.2. The van der Waals surface area contributed by atoms with E-state index in [-0.39, 0.29) is 11.9 Å². The number of hydrogen-bond donors (Lipinski definition) is 2. The molecule has 0 saturated carbocycles. The van der Waals surface area contributed by atoms with Crippen molar-refractivity contribution >= 4 is 34.6 Å². The van der Waals surface area contributed by atoms with Crippen LogP contribution in [-0.2, 0) is 4.79 Å². The number of benzene rings is 3. The molecular formula is C29H31N3O3S. The standard InChI is InChI=1S/C29H31N3O3S/c1-6-34-23-9-7-8-21-25-24(27(33)30-22-15-12-18(3)16-19(22)4)29(5,35-26(21)23)32(28(36)31-25)20-13-10-17(2)11-14-20/h7-16,24-25H,6H2,1-5H3,(H,30,33)(H,31,36)/t24-,25+,29-/m0/s1. The van der Waals surface area contributed by atoms with Gasteiger partial charge in [-0.3, -0.25) is 9.69 Å². The molecule has 2 N–H and O–H groups in total. The van der Waals surface area contributed by atoms with Gasteiger partial charge < -0.3 is 20.1 Å². The zero-order chi connectivity index (χ0) is 25.6. The first kappa shape index (κ1) is 24.1. The van der Waals surface area contributed by atoms with Crippen LogP contribution in [-0.4, -0.2) is 23.4 Å². The van der Waals surface area contributed by atoms with E-state index in [1.165, 1.54) is 0 Å². The average Bonchev–Trinajstić information content (AvgIpc) is 2.82. The number of amides is 1. The zero-order valence-corrected chi connectivity index (χ0v) is 22.0. The van der Waals surface area contributed by atoms with Gasteiger partial charge in [-0.2, -0.15) is 0 Å². The molecule has 2 aliphatic rings. The van der Waals surface area contributed by atoms with Gasteiger partial charge in [0, 0.05) is 16.9 Å². The van der Waals surface area contributed by atoms with Crippen molar-refractivity contribution in [1.82, 2.24) is 5.32 Å². The van der Waals surface area contributed by atoms with Gasteiger partial charge in [0.05, 0.1) is 12.6 Å². The number of ether oxygens (including phenoxy) is 2. The lowest BCUT2D eigenvalue weighted by atomic mass is 9.78. The number of hydrogen-bond acceptors (Lipinski definition) is 4. The molecule has 0 unspecified atom stereocenters. The summed E-state index contributed by atoms with van der Waals surface area (Å²) >= 11 is 5.86. The van der Waals surface area contributed by atoms with Gasteiger partial charge in [-0.15, -0.1) is 0 Å². The van der Waals surface area contributed by atoms with Crippen LogP contribution in [0.4, 0.5) is 11.4 Å². The fourth-order valence-corrected chi connectivity index (χ4v) is 5.70. The van der Waals surface area contributed by atoms with Crippen molar-refractivity contribution in [3.05, 3.63) is 82.9 Å². The van der Waals surface area contributed by atoms with Gasteiger partial charge in [0.2, 0.25) is 5.91 Å².